The molecule has 1 aromatic carbocycles. The van der Waals surface area contributed by atoms with Gasteiger partial charge in [-0.25, -0.2) is 13.6 Å². The van der Waals surface area contributed by atoms with Crippen LogP contribution in [0.5, 0.6) is 5.75 Å². The van der Waals surface area contributed by atoms with Crippen LogP contribution in [0.3, 0.4) is 0 Å². The highest BCUT2D eigenvalue weighted by Gasteiger charge is 2.17. The summed E-state index contributed by atoms with van der Waals surface area (Å²) in [4.78, 5) is 0.108. The Morgan fingerprint density at radius 2 is 2.28 bits per heavy atom. The maximum Gasteiger partial charge on any atom is 0.238 e. The molecule has 5 nitrogen and oxygen atoms in total. The second-order valence-corrected chi connectivity index (χ2v) is 6.07. The van der Waals surface area contributed by atoms with Crippen LogP contribution >= 0.6 is 0 Å². The summed E-state index contributed by atoms with van der Waals surface area (Å²) in [7, 11) is -3.65. The first-order chi connectivity index (χ1) is 8.47. The molecular weight excluding hydrogens is 254 g/mol. The molecule has 2 rings (SSSR count). The van der Waals surface area contributed by atoms with Crippen LogP contribution < -0.4 is 9.88 Å². The zero-order chi connectivity index (χ0) is 13.2. The van der Waals surface area contributed by atoms with E-state index in [-0.39, 0.29) is 4.90 Å². The Bertz CT molecular complexity index is 521. The summed E-state index contributed by atoms with van der Waals surface area (Å²) >= 11 is 0. The van der Waals surface area contributed by atoms with Gasteiger partial charge in [-0.3, -0.25) is 0 Å². The van der Waals surface area contributed by atoms with E-state index < -0.39 is 10.0 Å². The number of ether oxygens (including phenoxy) is 2. The van der Waals surface area contributed by atoms with Crippen molar-refractivity contribution in [1.82, 2.24) is 0 Å². The molecule has 1 atom stereocenters. The molecule has 1 fully saturated rings. The first-order valence-corrected chi connectivity index (χ1v) is 7.35. The molecule has 2 N–H and O–H groups in total. The van der Waals surface area contributed by atoms with E-state index in [1.807, 2.05) is 0 Å². The van der Waals surface area contributed by atoms with Crippen molar-refractivity contribution >= 4 is 10.0 Å². The average molecular weight is 271 g/mol. The zero-order valence-corrected chi connectivity index (χ0v) is 11.1. The maximum atomic E-state index is 11.2. The molecule has 0 saturated carbocycles. The highest BCUT2D eigenvalue weighted by molar-refractivity contribution is 7.89. The summed E-state index contributed by atoms with van der Waals surface area (Å²) in [5, 5.41) is 5.06. The van der Waals surface area contributed by atoms with E-state index in [4.69, 9.17) is 14.6 Å². The van der Waals surface area contributed by atoms with Crippen molar-refractivity contribution in [1.29, 1.82) is 0 Å². The summed E-state index contributed by atoms with van der Waals surface area (Å²) in [6.45, 7) is 3.91. The van der Waals surface area contributed by atoms with Crippen molar-refractivity contribution in [3.05, 3.63) is 23.8 Å². The smallest absolute Gasteiger partial charge is 0.238 e. The molecule has 1 aliphatic rings. The second kappa shape index (κ2) is 5.26. The standard InChI is InChI=1S/C12H17NO4S/c1-9-6-11(18(13,14)15)2-3-12(9)17-8-10-4-5-16-7-10/h2-3,6,10H,4-5,7-8H2,1H3,(H2,13,14,15). The van der Waals surface area contributed by atoms with Crippen LogP contribution in [0.25, 0.3) is 0 Å². The van der Waals surface area contributed by atoms with Crippen LogP contribution in [0, 0.1) is 12.8 Å². The molecule has 1 aromatic rings. The Morgan fingerprint density at radius 1 is 1.50 bits per heavy atom. The number of aryl methyl sites for hydroxylation is 1. The summed E-state index contributed by atoms with van der Waals surface area (Å²) in [6, 6.07) is 4.63. The molecule has 1 unspecified atom stereocenters. The first-order valence-electron chi connectivity index (χ1n) is 5.81. The monoisotopic (exact) mass is 271 g/mol. The fraction of sp³-hybridized carbons (Fsp3) is 0.500. The second-order valence-electron chi connectivity index (χ2n) is 4.51. The van der Waals surface area contributed by atoms with Crippen molar-refractivity contribution < 1.29 is 17.9 Å². The normalized spacial score (nSPS) is 20.0. The van der Waals surface area contributed by atoms with E-state index in [0.717, 1.165) is 25.2 Å². The van der Waals surface area contributed by atoms with Gasteiger partial charge in [0.1, 0.15) is 5.75 Å². The average Bonchev–Trinajstić information content (AvgIpc) is 2.79. The number of sulfonamides is 1. The van der Waals surface area contributed by atoms with Gasteiger partial charge in [-0.05, 0) is 37.1 Å². The molecule has 0 radical (unpaired) electrons. The van der Waals surface area contributed by atoms with E-state index in [9.17, 15) is 8.42 Å². The summed E-state index contributed by atoms with van der Waals surface area (Å²) in [6.07, 6.45) is 1.01. The van der Waals surface area contributed by atoms with Gasteiger partial charge in [-0.2, -0.15) is 0 Å². The van der Waals surface area contributed by atoms with Gasteiger partial charge < -0.3 is 9.47 Å². The van der Waals surface area contributed by atoms with Crippen LogP contribution in [0.15, 0.2) is 23.1 Å². The molecule has 6 heteroatoms. The first kappa shape index (κ1) is 13.3. The van der Waals surface area contributed by atoms with E-state index in [2.05, 4.69) is 0 Å². The molecule has 1 heterocycles. The minimum absolute atomic E-state index is 0.108. The lowest BCUT2D eigenvalue weighted by Gasteiger charge is -2.13. The van der Waals surface area contributed by atoms with Gasteiger partial charge in [0.2, 0.25) is 10.0 Å². The Kier molecular flexibility index (Phi) is 3.89. The Hall–Kier alpha value is -1.11. The van der Waals surface area contributed by atoms with Crippen molar-refractivity contribution in [2.75, 3.05) is 19.8 Å². The van der Waals surface area contributed by atoms with Gasteiger partial charge in [0.25, 0.3) is 0 Å². The number of nitrogens with two attached hydrogens (primary N) is 1. The van der Waals surface area contributed by atoms with Crippen LogP contribution in [0.2, 0.25) is 0 Å². The fourth-order valence-corrected chi connectivity index (χ4v) is 2.48. The summed E-state index contributed by atoms with van der Waals surface area (Å²) < 4.78 is 33.3. The fourth-order valence-electron chi connectivity index (χ4n) is 1.88. The molecule has 1 saturated heterocycles. The number of hydrogen-bond donors (Lipinski definition) is 1. The molecule has 0 bridgehead atoms. The lowest BCUT2D eigenvalue weighted by atomic mass is 10.1. The summed E-state index contributed by atoms with van der Waals surface area (Å²) in [5.74, 6) is 1.11. The molecule has 100 valence electrons. The minimum atomic E-state index is -3.65. The van der Waals surface area contributed by atoms with Crippen molar-refractivity contribution in [2.45, 2.75) is 18.2 Å². The molecule has 18 heavy (non-hydrogen) atoms. The van der Waals surface area contributed by atoms with E-state index in [1.54, 1.807) is 13.0 Å². The third-order valence-corrected chi connectivity index (χ3v) is 3.88. The Labute approximate surface area is 107 Å². The van der Waals surface area contributed by atoms with E-state index >= 15 is 0 Å². The van der Waals surface area contributed by atoms with Crippen LogP contribution in [0.1, 0.15) is 12.0 Å². The van der Waals surface area contributed by atoms with Gasteiger partial charge in [0.05, 0.1) is 18.1 Å². The van der Waals surface area contributed by atoms with Crippen molar-refractivity contribution in [3.63, 3.8) is 0 Å². The lowest BCUT2D eigenvalue weighted by Crippen LogP contribution is -2.14. The van der Waals surface area contributed by atoms with E-state index in [1.165, 1.54) is 12.1 Å². The maximum absolute atomic E-state index is 11.2. The largest absolute Gasteiger partial charge is 0.493 e. The number of rotatable bonds is 4. The number of hydrogen-bond acceptors (Lipinski definition) is 4. The molecule has 0 aliphatic carbocycles. The lowest BCUT2D eigenvalue weighted by molar-refractivity contribution is 0.167. The van der Waals surface area contributed by atoms with Crippen molar-refractivity contribution in [2.24, 2.45) is 11.1 Å². The Morgan fingerprint density at radius 3 is 2.83 bits per heavy atom. The van der Waals surface area contributed by atoms with Crippen LogP contribution in [-0.2, 0) is 14.8 Å². The Balaban J connectivity index is 2.05. The molecule has 1 aliphatic heterocycles. The highest BCUT2D eigenvalue weighted by Crippen LogP contribution is 2.22. The predicted octanol–water partition coefficient (Wildman–Crippen LogP) is 1.06. The van der Waals surface area contributed by atoms with Crippen LogP contribution in [0.4, 0.5) is 0 Å². The van der Waals surface area contributed by atoms with Gasteiger partial charge in [0, 0.05) is 12.5 Å². The van der Waals surface area contributed by atoms with Crippen LogP contribution in [-0.4, -0.2) is 28.2 Å². The van der Waals surface area contributed by atoms with Gasteiger partial charge in [-0.15, -0.1) is 0 Å². The van der Waals surface area contributed by atoms with Gasteiger partial charge in [-0.1, -0.05) is 0 Å². The van der Waals surface area contributed by atoms with Gasteiger partial charge in [0.15, 0.2) is 0 Å². The number of primary sulfonamides is 1. The minimum Gasteiger partial charge on any atom is -0.493 e. The SMILES string of the molecule is Cc1cc(S(N)(=O)=O)ccc1OCC1CCOC1. The molecular formula is C12H17NO4S. The third kappa shape index (κ3) is 3.22. The van der Waals surface area contributed by atoms with Gasteiger partial charge >= 0.3 is 0 Å². The molecule has 0 aromatic heterocycles. The topological polar surface area (TPSA) is 78.6 Å². The quantitative estimate of drug-likeness (QED) is 0.888. The number of benzene rings is 1. The highest BCUT2D eigenvalue weighted by atomic mass is 32.2. The summed E-state index contributed by atoms with van der Waals surface area (Å²) in [5.41, 5.74) is 0.764. The predicted molar refractivity (Wildman–Crippen MR) is 67.0 cm³/mol. The third-order valence-electron chi connectivity index (χ3n) is 2.97. The van der Waals surface area contributed by atoms with Crippen molar-refractivity contribution in [3.8, 4) is 5.75 Å². The molecule has 0 amide bonds. The van der Waals surface area contributed by atoms with E-state index in [0.29, 0.717) is 18.3 Å². The zero-order valence-electron chi connectivity index (χ0n) is 10.3. The molecule has 0 spiro atoms.